The summed E-state index contributed by atoms with van der Waals surface area (Å²) in [6, 6.07) is 5.86. The molecule has 0 atom stereocenters. The van der Waals surface area contributed by atoms with Crippen LogP contribution in [0, 0.1) is 5.92 Å². The molecule has 3 aromatic rings. The fraction of sp³-hybridized carbons (Fsp3) is 0.536. The lowest BCUT2D eigenvalue weighted by atomic mass is 9.93. The first-order valence-corrected chi connectivity index (χ1v) is 13.9. The number of carbonyl (C=O) groups is 2. The van der Waals surface area contributed by atoms with Crippen molar-refractivity contribution in [3.8, 4) is 0 Å². The molecule has 2 amide bonds. The largest absolute Gasteiger partial charge is 0.444 e. The van der Waals surface area contributed by atoms with E-state index in [0.717, 1.165) is 11.3 Å². The second kappa shape index (κ2) is 10.4. The Kier molecular flexibility index (Phi) is 7.28. The molecule has 2 fully saturated rings. The molecule has 0 bridgehead atoms. The van der Waals surface area contributed by atoms with Crippen molar-refractivity contribution in [2.24, 2.45) is 5.92 Å². The fourth-order valence-corrected chi connectivity index (χ4v) is 5.26. The number of anilines is 2. The summed E-state index contributed by atoms with van der Waals surface area (Å²) in [5.41, 5.74) is 0.712. The summed E-state index contributed by atoms with van der Waals surface area (Å²) >= 11 is 6.49. The molecule has 0 aromatic carbocycles. The number of halogens is 1. The average Bonchev–Trinajstić information content (AvgIpc) is 3.32. The number of rotatable bonds is 5. The predicted octanol–water partition coefficient (Wildman–Crippen LogP) is 3.66. The number of fused-ring (bicyclic) bond motifs is 1. The zero-order valence-corrected chi connectivity index (χ0v) is 24.7. The predicted molar refractivity (Wildman–Crippen MR) is 154 cm³/mol. The van der Waals surface area contributed by atoms with Gasteiger partial charge in [0.15, 0.2) is 5.82 Å². The van der Waals surface area contributed by atoms with Crippen molar-refractivity contribution in [1.82, 2.24) is 29.2 Å². The van der Waals surface area contributed by atoms with Gasteiger partial charge < -0.3 is 28.7 Å². The van der Waals surface area contributed by atoms with Gasteiger partial charge in [0.2, 0.25) is 11.9 Å². The normalized spacial score (nSPS) is 16.7. The lowest BCUT2D eigenvalue weighted by Crippen LogP contribution is -2.57. The molecule has 2 aliphatic rings. The van der Waals surface area contributed by atoms with E-state index in [1.54, 1.807) is 11.1 Å². The van der Waals surface area contributed by atoms with E-state index in [4.69, 9.17) is 21.3 Å². The Labute approximate surface area is 239 Å². The first kappa shape index (κ1) is 27.9. The second-order valence-corrected chi connectivity index (χ2v) is 12.3. The zero-order chi connectivity index (χ0) is 28.8. The Balaban J connectivity index is 1.21. The molecule has 2 aliphatic heterocycles. The van der Waals surface area contributed by atoms with Crippen LogP contribution in [0.5, 0.6) is 0 Å². The molecule has 0 aliphatic carbocycles. The van der Waals surface area contributed by atoms with Gasteiger partial charge in [-0.2, -0.15) is 4.98 Å². The van der Waals surface area contributed by atoms with Crippen LogP contribution in [0.2, 0.25) is 5.02 Å². The fourth-order valence-electron chi connectivity index (χ4n) is 5.05. The van der Waals surface area contributed by atoms with Crippen molar-refractivity contribution in [3.63, 3.8) is 0 Å². The molecule has 40 heavy (non-hydrogen) atoms. The van der Waals surface area contributed by atoms with Gasteiger partial charge in [-0.15, -0.1) is 0 Å². The third-order valence-electron chi connectivity index (χ3n) is 7.67. The molecule has 0 unspecified atom stereocenters. The van der Waals surface area contributed by atoms with Crippen LogP contribution in [-0.4, -0.2) is 93.1 Å². The van der Waals surface area contributed by atoms with Crippen LogP contribution < -0.4 is 9.80 Å². The number of carbonyl (C=O) groups excluding carboxylic acids is 2. The molecule has 12 heteroatoms. The summed E-state index contributed by atoms with van der Waals surface area (Å²) in [6.45, 7) is 12.9. The number of pyridine rings is 1. The Hall–Kier alpha value is -3.60. The highest BCUT2D eigenvalue weighted by atomic mass is 35.5. The van der Waals surface area contributed by atoms with Crippen molar-refractivity contribution in [2.75, 3.05) is 56.1 Å². The van der Waals surface area contributed by atoms with Crippen LogP contribution in [0.15, 0.2) is 36.8 Å². The van der Waals surface area contributed by atoms with Gasteiger partial charge in [-0.05, 0) is 46.8 Å². The lowest BCUT2D eigenvalue weighted by molar-refractivity contribution is -0.140. The van der Waals surface area contributed by atoms with Crippen molar-refractivity contribution >= 4 is 41.0 Å². The van der Waals surface area contributed by atoms with Crippen molar-refractivity contribution in [1.29, 1.82) is 0 Å². The molecule has 0 N–H and O–H groups in total. The molecule has 0 spiro atoms. The molecule has 3 aromatic heterocycles. The number of ether oxygens (including phenoxy) is 1. The van der Waals surface area contributed by atoms with E-state index in [2.05, 4.69) is 9.97 Å². The highest BCUT2D eigenvalue weighted by Crippen LogP contribution is 2.34. The number of nitrogens with zero attached hydrogens (tertiary/aromatic N) is 8. The maximum absolute atomic E-state index is 13.5. The van der Waals surface area contributed by atoms with Crippen LogP contribution >= 0.6 is 11.6 Å². The van der Waals surface area contributed by atoms with Crippen LogP contribution in [0.25, 0.3) is 5.65 Å². The van der Waals surface area contributed by atoms with Crippen LogP contribution in [0.1, 0.15) is 40.3 Å². The van der Waals surface area contributed by atoms with Crippen molar-refractivity contribution in [2.45, 2.75) is 45.8 Å². The highest BCUT2D eigenvalue weighted by Gasteiger charge is 2.41. The molecular formula is C28H37ClN8O3. The van der Waals surface area contributed by atoms with Gasteiger partial charge in [-0.3, -0.25) is 4.79 Å². The van der Waals surface area contributed by atoms with Crippen LogP contribution in [-0.2, 0) is 15.1 Å². The van der Waals surface area contributed by atoms with Crippen molar-refractivity contribution in [3.05, 3.63) is 47.5 Å². The Morgan fingerprint density at radius 3 is 2.38 bits per heavy atom. The number of amides is 2. The Bertz CT molecular complexity index is 1400. The smallest absolute Gasteiger partial charge is 0.410 e. The average molecular weight is 569 g/mol. The summed E-state index contributed by atoms with van der Waals surface area (Å²) in [4.78, 5) is 47.2. The second-order valence-electron chi connectivity index (χ2n) is 11.9. The zero-order valence-electron chi connectivity index (χ0n) is 24.0. The van der Waals surface area contributed by atoms with E-state index in [-0.39, 0.29) is 17.9 Å². The van der Waals surface area contributed by atoms with E-state index in [1.807, 2.05) is 91.4 Å². The lowest BCUT2D eigenvalue weighted by Gasteiger charge is -2.44. The summed E-state index contributed by atoms with van der Waals surface area (Å²) in [6.07, 6.45) is 5.10. The first-order chi connectivity index (χ1) is 18.8. The van der Waals surface area contributed by atoms with E-state index in [9.17, 15) is 9.59 Å². The number of piperazine rings is 1. The number of aromatic nitrogens is 4. The highest BCUT2D eigenvalue weighted by molar-refractivity contribution is 6.32. The number of hydrogen-bond acceptors (Lipinski definition) is 8. The third-order valence-corrected chi connectivity index (χ3v) is 7.94. The monoisotopic (exact) mass is 568 g/mol. The van der Waals surface area contributed by atoms with Gasteiger partial charge in [0.1, 0.15) is 16.3 Å². The maximum atomic E-state index is 13.5. The van der Waals surface area contributed by atoms with Crippen molar-refractivity contribution < 1.29 is 14.3 Å². The standard InChI is InChI=1S/C28H37ClN8O3/c1-27(2,3)40-26(39)35-13-11-34(12-14-35)25-31-15-20(29)23(32-25)36-17-19(18-36)24(38)33(6)28(4,5)21-16-30-22-9-7-8-10-37(21)22/h7-10,15-16,19H,11-14,17-18H2,1-6H3. The summed E-state index contributed by atoms with van der Waals surface area (Å²) in [5, 5.41) is 0.446. The topological polar surface area (TPSA) is 99.4 Å². The van der Waals surface area contributed by atoms with Crippen LogP contribution in [0.3, 0.4) is 0 Å². The first-order valence-electron chi connectivity index (χ1n) is 13.6. The van der Waals surface area contributed by atoms with Gasteiger partial charge >= 0.3 is 6.09 Å². The van der Waals surface area contributed by atoms with E-state index in [1.165, 1.54) is 0 Å². The molecule has 5 heterocycles. The minimum Gasteiger partial charge on any atom is -0.444 e. The summed E-state index contributed by atoms with van der Waals surface area (Å²) in [5.74, 6) is 1.07. The summed E-state index contributed by atoms with van der Waals surface area (Å²) < 4.78 is 7.51. The SMILES string of the molecule is CN(C(=O)C1CN(c2nc(N3CCN(C(=O)OC(C)(C)C)CC3)ncc2Cl)C1)C(C)(C)c1cnc2ccccn12. The molecule has 0 radical (unpaired) electrons. The third kappa shape index (κ3) is 5.39. The minimum atomic E-state index is -0.556. The molecule has 11 nitrogen and oxygen atoms in total. The van der Waals surface area contributed by atoms with Crippen LogP contribution in [0.4, 0.5) is 16.6 Å². The number of hydrogen-bond donors (Lipinski definition) is 0. The molecule has 0 saturated carbocycles. The maximum Gasteiger partial charge on any atom is 0.410 e. The quantitative estimate of drug-likeness (QED) is 0.460. The van der Waals surface area contributed by atoms with Gasteiger partial charge in [-0.25, -0.2) is 14.8 Å². The van der Waals surface area contributed by atoms with E-state index in [0.29, 0.717) is 56.1 Å². The van der Waals surface area contributed by atoms with E-state index >= 15 is 0 Å². The molecule has 214 valence electrons. The van der Waals surface area contributed by atoms with Gasteiger partial charge in [0.05, 0.1) is 29.5 Å². The summed E-state index contributed by atoms with van der Waals surface area (Å²) in [7, 11) is 1.85. The molecule has 5 rings (SSSR count). The van der Waals surface area contributed by atoms with Gasteiger partial charge in [0.25, 0.3) is 0 Å². The minimum absolute atomic E-state index is 0.0656. The Morgan fingerprint density at radius 2 is 1.70 bits per heavy atom. The van der Waals surface area contributed by atoms with Gasteiger partial charge in [0, 0.05) is 52.5 Å². The molecular weight excluding hydrogens is 532 g/mol. The molecule has 2 saturated heterocycles. The van der Waals surface area contributed by atoms with Gasteiger partial charge in [-0.1, -0.05) is 17.7 Å². The number of imidazole rings is 1. The van der Waals surface area contributed by atoms with E-state index < -0.39 is 11.1 Å². The Morgan fingerprint density at radius 1 is 1.00 bits per heavy atom.